The van der Waals surface area contributed by atoms with Crippen molar-refractivity contribution in [1.29, 1.82) is 5.26 Å². The average Bonchev–Trinajstić information content (AvgIpc) is 2.84. The summed E-state index contributed by atoms with van der Waals surface area (Å²) in [7, 11) is -4.00. The van der Waals surface area contributed by atoms with Gasteiger partial charge in [-0.2, -0.15) is 5.26 Å². The number of sulfone groups is 1. The lowest BCUT2D eigenvalue weighted by molar-refractivity contribution is 0.592. The summed E-state index contributed by atoms with van der Waals surface area (Å²) in [4.78, 5) is 4.30. The molecule has 9 heteroatoms. The molecular weight excluding hydrogens is 405 g/mol. The van der Waals surface area contributed by atoms with E-state index in [1.54, 1.807) is 12.1 Å². The Balaban J connectivity index is 2.27. The molecule has 0 bridgehead atoms. The van der Waals surface area contributed by atoms with E-state index in [4.69, 9.17) is 11.0 Å². The Bertz CT molecular complexity index is 1090. The molecule has 0 radical (unpaired) electrons. The van der Waals surface area contributed by atoms with Crippen LogP contribution in [0.25, 0.3) is 10.2 Å². The lowest BCUT2D eigenvalue weighted by Gasteiger charge is -2.04. The molecule has 3 rings (SSSR count). The average molecular weight is 412 g/mol. The van der Waals surface area contributed by atoms with Crippen LogP contribution in [0.15, 0.2) is 44.0 Å². The number of hydrogen-bond acceptors (Lipinski definition) is 6. The van der Waals surface area contributed by atoms with E-state index in [0.29, 0.717) is 20.4 Å². The monoisotopic (exact) mass is 411 g/mol. The molecule has 2 aromatic heterocycles. The number of nitrogens with two attached hydrogens (primary N) is 1. The zero-order chi connectivity index (χ0) is 16.8. The number of rotatable bonds is 2. The van der Waals surface area contributed by atoms with Crippen LogP contribution in [0.1, 0.15) is 5.56 Å². The second-order valence-electron chi connectivity index (χ2n) is 4.62. The molecule has 1 aromatic carbocycles. The van der Waals surface area contributed by atoms with E-state index >= 15 is 0 Å². The molecular formula is C14H7BrFN3O2S2. The van der Waals surface area contributed by atoms with Crippen LogP contribution in [0, 0.1) is 17.1 Å². The van der Waals surface area contributed by atoms with Crippen LogP contribution >= 0.6 is 27.3 Å². The van der Waals surface area contributed by atoms with E-state index in [9.17, 15) is 12.8 Å². The van der Waals surface area contributed by atoms with Crippen LogP contribution in [0.3, 0.4) is 0 Å². The van der Waals surface area contributed by atoms with Gasteiger partial charge in [-0.05, 0) is 40.2 Å². The minimum absolute atomic E-state index is 0.0138. The van der Waals surface area contributed by atoms with Gasteiger partial charge in [-0.3, -0.25) is 0 Å². The van der Waals surface area contributed by atoms with Crippen molar-refractivity contribution in [3.63, 3.8) is 0 Å². The standard InChI is InChI=1S/C14H7BrFN3O2S2/c15-12-11-4-9(18)6-19-13(11)22-14(12)23(20,21)10-2-7(5-17)1-8(16)3-10/h1-4,6H,18H2. The first-order valence-electron chi connectivity index (χ1n) is 6.12. The quantitative estimate of drug-likeness (QED) is 0.695. The maximum Gasteiger partial charge on any atom is 0.217 e. The number of nitrogen functional groups attached to an aromatic ring is 1. The third-order valence-electron chi connectivity index (χ3n) is 3.03. The highest BCUT2D eigenvalue weighted by molar-refractivity contribution is 9.10. The molecule has 23 heavy (non-hydrogen) atoms. The lowest BCUT2D eigenvalue weighted by Crippen LogP contribution is -2.02. The molecule has 0 spiro atoms. The van der Waals surface area contributed by atoms with E-state index in [2.05, 4.69) is 20.9 Å². The van der Waals surface area contributed by atoms with Crippen molar-refractivity contribution in [2.24, 2.45) is 0 Å². The number of nitrogens with zero attached hydrogens (tertiary/aromatic N) is 2. The van der Waals surface area contributed by atoms with Gasteiger partial charge in [0.2, 0.25) is 9.84 Å². The predicted octanol–water partition coefficient (Wildman–Crippen LogP) is 3.48. The summed E-state index contributed by atoms with van der Waals surface area (Å²) in [6.45, 7) is 0. The molecule has 5 nitrogen and oxygen atoms in total. The Morgan fingerprint density at radius 2 is 2.04 bits per heavy atom. The molecule has 2 N–H and O–H groups in total. The molecule has 0 unspecified atom stereocenters. The summed E-state index contributed by atoms with van der Waals surface area (Å²) in [6.07, 6.45) is 1.43. The third kappa shape index (κ3) is 2.69. The molecule has 2 heterocycles. The summed E-state index contributed by atoms with van der Waals surface area (Å²) in [5.74, 6) is -0.790. The van der Waals surface area contributed by atoms with Crippen LogP contribution in [-0.4, -0.2) is 13.4 Å². The van der Waals surface area contributed by atoms with Crippen LogP contribution in [-0.2, 0) is 9.84 Å². The highest BCUT2D eigenvalue weighted by Crippen LogP contribution is 2.40. The van der Waals surface area contributed by atoms with Crippen LogP contribution in [0.2, 0.25) is 0 Å². The smallest absolute Gasteiger partial charge is 0.217 e. The van der Waals surface area contributed by atoms with Crippen molar-refractivity contribution >= 4 is 53.0 Å². The summed E-state index contributed by atoms with van der Waals surface area (Å²) in [6, 6.07) is 6.34. The number of pyridine rings is 1. The first-order valence-corrected chi connectivity index (χ1v) is 9.21. The molecule has 0 aliphatic heterocycles. The number of fused-ring (bicyclic) bond motifs is 1. The molecule has 0 fully saturated rings. The second-order valence-corrected chi connectivity index (χ2v) is 8.55. The minimum atomic E-state index is -4.00. The highest BCUT2D eigenvalue weighted by atomic mass is 79.9. The van der Waals surface area contributed by atoms with E-state index < -0.39 is 15.7 Å². The maximum absolute atomic E-state index is 13.6. The van der Waals surface area contributed by atoms with Crippen molar-refractivity contribution in [2.75, 3.05) is 5.73 Å². The SMILES string of the molecule is N#Cc1cc(F)cc(S(=O)(=O)c2sc3ncc(N)cc3c2Br)c1. The minimum Gasteiger partial charge on any atom is -0.397 e. The number of thiophene rings is 1. The zero-order valence-corrected chi connectivity index (χ0v) is 14.5. The number of nitriles is 1. The van der Waals surface area contributed by atoms with Crippen molar-refractivity contribution in [1.82, 2.24) is 4.98 Å². The van der Waals surface area contributed by atoms with Gasteiger partial charge < -0.3 is 5.73 Å². The largest absolute Gasteiger partial charge is 0.397 e. The molecule has 0 saturated heterocycles. The maximum atomic E-state index is 13.6. The van der Waals surface area contributed by atoms with Gasteiger partial charge in [-0.15, -0.1) is 11.3 Å². The van der Waals surface area contributed by atoms with Crippen molar-refractivity contribution in [2.45, 2.75) is 9.10 Å². The lowest BCUT2D eigenvalue weighted by atomic mass is 10.2. The zero-order valence-electron chi connectivity index (χ0n) is 11.2. The van der Waals surface area contributed by atoms with Gasteiger partial charge in [-0.25, -0.2) is 17.8 Å². The second kappa shape index (κ2) is 5.56. The number of anilines is 1. The Kier molecular flexibility index (Phi) is 3.83. The normalized spacial score (nSPS) is 11.5. The van der Waals surface area contributed by atoms with Crippen molar-refractivity contribution in [3.05, 3.63) is 46.3 Å². The van der Waals surface area contributed by atoms with Gasteiger partial charge in [-0.1, -0.05) is 0 Å². The fourth-order valence-corrected chi connectivity index (χ4v) is 6.15. The first-order chi connectivity index (χ1) is 10.8. The Labute approximate surface area is 143 Å². The molecule has 0 amide bonds. The van der Waals surface area contributed by atoms with E-state index in [-0.39, 0.29) is 14.7 Å². The van der Waals surface area contributed by atoms with Gasteiger partial charge in [0.25, 0.3) is 0 Å². The van der Waals surface area contributed by atoms with Gasteiger partial charge >= 0.3 is 0 Å². The number of hydrogen-bond donors (Lipinski definition) is 1. The van der Waals surface area contributed by atoms with Gasteiger partial charge in [0.05, 0.1) is 32.9 Å². The van der Waals surface area contributed by atoms with E-state index in [1.165, 1.54) is 6.20 Å². The highest BCUT2D eigenvalue weighted by Gasteiger charge is 2.26. The van der Waals surface area contributed by atoms with E-state index in [1.807, 2.05) is 0 Å². The Morgan fingerprint density at radius 1 is 1.30 bits per heavy atom. The van der Waals surface area contributed by atoms with Crippen molar-refractivity contribution in [3.8, 4) is 6.07 Å². The van der Waals surface area contributed by atoms with Crippen LogP contribution < -0.4 is 5.73 Å². The first kappa shape index (κ1) is 15.9. The van der Waals surface area contributed by atoms with E-state index in [0.717, 1.165) is 29.5 Å². The molecule has 0 saturated carbocycles. The van der Waals surface area contributed by atoms with Gasteiger partial charge in [0, 0.05) is 5.39 Å². The Hall–Kier alpha value is -2.02. The summed E-state index contributed by atoms with van der Waals surface area (Å²) in [5, 5.41) is 9.44. The summed E-state index contributed by atoms with van der Waals surface area (Å²) < 4.78 is 39.4. The topological polar surface area (TPSA) is 96.8 Å². The number of aromatic nitrogens is 1. The van der Waals surface area contributed by atoms with Gasteiger partial charge in [0.1, 0.15) is 14.9 Å². The molecule has 0 aliphatic carbocycles. The summed E-state index contributed by atoms with van der Waals surface area (Å²) in [5.41, 5.74) is 6.00. The molecule has 0 atom stereocenters. The summed E-state index contributed by atoms with van der Waals surface area (Å²) >= 11 is 4.20. The third-order valence-corrected chi connectivity index (χ3v) is 7.75. The van der Waals surface area contributed by atoms with Crippen LogP contribution in [0.5, 0.6) is 0 Å². The van der Waals surface area contributed by atoms with Crippen molar-refractivity contribution < 1.29 is 12.8 Å². The molecule has 116 valence electrons. The molecule has 3 aromatic rings. The number of benzene rings is 1. The fourth-order valence-electron chi connectivity index (χ4n) is 2.01. The van der Waals surface area contributed by atoms with Gasteiger partial charge in [0.15, 0.2) is 0 Å². The van der Waals surface area contributed by atoms with Crippen LogP contribution in [0.4, 0.5) is 10.1 Å². The predicted molar refractivity (Wildman–Crippen MR) is 88.3 cm³/mol. The number of halogens is 2. The molecule has 0 aliphatic rings. The Morgan fingerprint density at radius 3 is 2.74 bits per heavy atom. The fraction of sp³-hybridized carbons (Fsp3) is 0.